The van der Waals surface area contributed by atoms with Crippen LogP contribution in [0.25, 0.3) is 0 Å². The van der Waals surface area contributed by atoms with Gasteiger partial charge in [-0.2, -0.15) is 0 Å². The summed E-state index contributed by atoms with van der Waals surface area (Å²) in [4.78, 5) is 17.1. The summed E-state index contributed by atoms with van der Waals surface area (Å²) >= 11 is 1.33. The molecule has 0 radical (unpaired) electrons. The van der Waals surface area contributed by atoms with Crippen molar-refractivity contribution < 1.29 is 4.79 Å². The van der Waals surface area contributed by atoms with Gasteiger partial charge in [0, 0.05) is 12.1 Å². The van der Waals surface area contributed by atoms with Crippen LogP contribution in [0.5, 0.6) is 0 Å². The molecule has 1 aliphatic rings. The predicted molar refractivity (Wildman–Crippen MR) is 88.8 cm³/mol. The number of nitrogens with two attached hydrogens (primary N) is 1. The van der Waals surface area contributed by atoms with Crippen LogP contribution >= 0.6 is 11.3 Å². The van der Waals surface area contributed by atoms with E-state index in [1.54, 1.807) is 0 Å². The molecule has 1 heterocycles. The monoisotopic (exact) mass is 310 g/mol. The Labute approximate surface area is 130 Å². The molecule has 1 aliphatic carbocycles. The van der Waals surface area contributed by atoms with E-state index in [4.69, 9.17) is 5.73 Å². The van der Waals surface area contributed by atoms with Crippen LogP contribution in [0.1, 0.15) is 63.0 Å². The number of nitrogen functional groups attached to an aromatic ring is 1. The van der Waals surface area contributed by atoms with Crippen LogP contribution in [-0.2, 0) is 0 Å². The van der Waals surface area contributed by atoms with Crippen molar-refractivity contribution in [2.24, 2.45) is 5.41 Å². The zero-order valence-electron chi connectivity index (χ0n) is 13.3. The molecule has 1 aromatic heterocycles. The molecule has 5 nitrogen and oxygen atoms in total. The van der Waals surface area contributed by atoms with Crippen molar-refractivity contribution in [1.29, 1.82) is 0 Å². The van der Waals surface area contributed by atoms with Crippen molar-refractivity contribution >= 4 is 28.2 Å². The molecule has 6 heteroatoms. The van der Waals surface area contributed by atoms with Crippen molar-refractivity contribution in [3.05, 3.63) is 4.88 Å². The molecular weight excluding hydrogens is 284 g/mol. The molecule has 4 N–H and O–H groups in total. The van der Waals surface area contributed by atoms with Gasteiger partial charge in [0.1, 0.15) is 10.7 Å². The molecule has 0 saturated heterocycles. The molecule has 1 saturated carbocycles. The SMILES string of the molecule is CC(C)Nc1nc(N)c(C(=O)NC2CCC(C)(C)CC2)s1. The first kappa shape index (κ1) is 16.1. The van der Waals surface area contributed by atoms with E-state index in [9.17, 15) is 4.79 Å². The highest BCUT2D eigenvalue weighted by Gasteiger charge is 2.28. The molecule has 0 atom stereocenters. The van der Waals surface area contributed by atoms with E-state index in [0.29, 0.717) is 21.2 Å². The van der Waals surface area contributed by atoms with Crippen molar-refractivity contribution in [2.45, 2.75) is 65.5 Å². The average molecular weight is 310 g/mol. The van der Waals surface area contributed by atoms with Crippen LogP contribution in [0.15, 0.2) is 0 Å². The first-order chi connectivity index (χ1) is 9.77. The third-order valence-electron chi connectivity index (χ3n) is 3.95. The first-order valence-corrected chi connectivity index (χ1v) is 8.42. The number of hydrogen-bond donors (Lipinski definition) is 3. The highest BCUT2D eigenvalue weighted by atomic mass is 32.1. The molecule has 0 unspecified atom stereocenters. The second-order valence-corrected chi connectivity index (χ2v) is 7.94. The third kappa shape index (κ3) is 4.33. The summed E-state index contributed by atoms with van der Waals surface area (Å²) in [6.07, 6.45) is 4.37. The van der Waals surface area contributed by atoms with Gasteiger partial charge < -0.3 is 16.4 Å². The number of nitrogens with zero attached hydrogens (tertiary/aromatic N) is 1. The number of thiazole rings is 1. The van der Waals surface area contributed by atoms with Crippen molar-refractivity contribution in [2.75, 3.05) is 11.1 Å². The second-order valence-electron chi connectivity index (χ2n) is 6.94. The Bertz CT molecular complexity index is 500. The molecule has 0 aliphatic heterocycles. The van der Waals surface area contributed by atoms with Crippen LogP contribution in [0, 0.1) is 5.41 Å². The van der Waals surface area contributed by atoms with Crippen LogP contribution in [0.2, 0.25) is 0 Å². The van der Waals surface area contributed by atoms with E-state index < -0.39 is 0 Å². The van der Waals surface area contributed by atoms with Gasteiger partial charge in [-0.3, -0.25) is 4.79 Å². The summed E-state index contributed by atoms with van der Waals surface area (Å²) in [5.74, 6) is 0.225. The summed E-state index contributed by atoms with van der Waals surface area (Å²) in [6.45, 7) is 8.63. The number of nitrogens with one attached hydrogen (secondary N) is 2. The van der Waals surface area contributed by atoms with Gasteiger partial charge in [0.2, 0.25) is 0 Å². The topological polar surface area (TPSA) is 80.0 Å². The Kier molecular flexibility index (Phi) is 4.76. The van der Waals surface area contributed by atoms with Gasteiger partial charge in [0.15, 0.2) is 5.13 Å². The lowest BCUT2D eigenvalue weighted by atomic mass is 9.75. The molecule has 118 valence electrons. The number of anilines is 2. The molecule has 0 aromatic carbocycles. The zero-order valence-corrected chi connectivity index (χ0v) is 14.1. The number of hydrogen-bond acceptors (Lipinski definition) is 5. The van der Waals surface area contributed by atoms with E-state index >= 15 is 0 Å². The van der Waals surface area contributed by atoms with Gasteiger partial charge in [-0.25, -0.2) is 4.98 Å². The lowest BCUT2D eigenvalue weighted by molar-refractivity contribution is 0.0914. The fraction of sp³-hybridized carbons (Fsp3) is 0.733. The van der Waals surface area contributed by atoms with E-state index in [-0.39, 0.29) is 18.0 Å². The zero-order chi connectivity index (χ0) is 15.6. The highest BCUT2D eigenvalue weighted by Crippen LogP contribution is 2.35. The van der Waals surface area contributed by atoms with Crippen molar-refractivity contribution in [3.63, 3.8) is 0 Å². The molecular formula is C15H26N4OS. The van der Waals surface area contributed by atoms with Gasteiger partial charge in [-0.15, -0.1) is 0 Å². The molecule has 2 rings (SSSR count). The maximum Gasteiger partial charge on any atom is 0.265 e. The minimum Gasteiger partial charge on any atom is -0.382 e. The Morgan fingerprint density at radius 2 is 2.00 bits per heavy atom. The molecule has 1 aromatic rings. The largest absolute Gasteiger partial charge is 0.382 e. The summed E-state index contributed by atoms with van der Waals surface area (Å²) in [6, 6.07) is 0.528. The predicted octanol–water partition coefficient (Wildman–Crippen LogP) is 3.24. The normalized spacial score (nSPS) is 18.7. The lowest BCUT2D eigenvalue weighted by Crippen LogP contribution is -2.39. The number of amides is 1. The maximum atomic E-state index is 12.3. The van der Waals surface area contributed by atoms with Gasteiger partial charge >= 0.3 is 0 Å². The number of rotatable bonds is 4. The molecule has 21 heavy (non-hydrogen) atoms. The van der Waals surface area contributed by atoms with Gasteiger partial charge in [-0.05, 0) is 44.9 Å². The van der Waals surface area contributed by atoms with Crippen molar-refractivity contribution in [3.8, 4) is 0 Å². The smallest absolute Gasteiger partial charge is 0.265 e. The summed E-state index contributed by atoms with van der Waals surface area (Å²) in [7, 11) is 0. The minimum absolute atomic E-state index is 0.0912. The highest BCUT2D eigenvalue weighted by molar-refractivity contribution is 7.18. The summed E-state index contributed by atoms with van der Waals surface area (Å²) in [5.41, 5.74) is 6.27. The quantitative estimate of drug-likeness (QED) is 0.797. The Morgan fingerprint density at radius 1 is 1.38 bits per heavy atom. The van der Waals surface area contributed by atoms with Crippen LogP contribution in [0.4, 0.5) is 10.9 Å². The minimum atomic E-state index is -0.0912. The Balaban J connectivity index is 1.96. The van der Waals surface area contributed by atoms with Gasteiger partial charge in [0.05, 0.1) is 0 Å². The fourth-order valence-electron chi connectivity index (χ4n) is 2.60. The maximum absolute atomic E-state index is 12.3. The van der Waals surface area contributed by atoms with E-state index in [1.165, 1.54) is 11.3 Å². The summed E-state index contributed by atoms with van der Waals surface area (Å²) < 4.78 is 0. The van der Waals surface area contributed by atoms with Crippen molar-refractivity contribution in [1.82, 2.24) is 10.3 Å². The molecule has 1 fully saturated rings. The molecule has 1 amide bonds. The van der Waals surface area contributed by atoms with Gasteiger partial charge in [-0.1, -0.05) is 25.2 Å². The number of carbonyl (C=O) groups is 1. The number of carbonyl (C=O) groups excluding carboxylic acids is 1. The van der Waals surface area contributed by atoms with Crippen LogP contribution in [-0.4, -0.2) is 23.0 Å². The van der Waals surface area contributed by atoms with E-state index in [2.05, 4.69) is 29.5 Å². The lowest BCUT2D eigenvalue weighted by Gasteiger charge is -2.34. The van der Waals surface area contributed by atoms with Crippen LogP contribution in [0.3, 0.4) is 0 Å². The molecule has 0 bridgehead atoms. The van der Waals surface area contributed by atoms with E-state index in [1.807, 2.05) is 13.8 Å². The Hall–Kier alpha value is -1.30. The number of aromatic nitrogens is 1. The average Bonchev–Trinajstić information content (AvgIpc) is 2.72. The molecule has 0 spiro atoms. The Morgan fingerprint density at radius 3 is 2.57 bits per heavy atom. The van der Waals surface area contributed by atoms with Gasteiger partial charge in [0.25, 0.3) is 5.91 Å². The summed E-state index contributed by atoms with van der Waals surface area (Å²) in [5, 5.41) is 6.99. The van der Waals surface area contributed by atoms with E-state index in [0.717, 1.165) is 25.7 Å². The fourth-order valence-corrected chi connectivity index (χ4v) is 3.53. The van der Waals surface area contributed by atoms with Crippen LogP contribution < -0.4 is 16.4 Å². The third-order valence-corrected chi connectivity index (χ3v) is 4.95. The first-order valence-electron chi connectivity index (χ1n) is 7.60. The standard InChI is InChI=1S/C15H26N4OS/c1-9(2)17-14-19-12(16)11(21-14)13(20)18-10-5-7-15(3,4)8-6-10/h9-10H,5-8,16H2,1-4H3,(H,17,19)(H,18,20). The second kappa shape index (κ2) is 6.22.